The third-order valence-corrected chi connectivity index (χ3v) is 5.32. The number of phenolic OH excluding ortho intramolecular Hbond substituents is 1. The van der Waals surface area contributed by atoms with Crippen molar-refractivity contribution >= 4 is 22.8 Å². The highest BCUT2D eigenvalue weighted by atomic mass is 19.1. The minimum Gasteiger partial charge on any atom is -0.507 e. The third-order valence-electron chi connectivity index (χ3n) is 5.32. The molecule has 1 unspecified atom stereocenters. The number of nitrogens with zero attached hydrogens (tertiary/aromatic N) is 3. The van der Waals surface area contributed by atoms with Crippen molar-refractivity contribution in [2.75, 3.05) is 24.6 Å². The van der Waals surface area contributed by atoms with Crippen LogP contribution in [0.3, 0.4) is 0 Å². The molecule has 0 spiro atoms. The van der Waals surface area contributed by atoms with E-state index in [2.05, 4.69) is 15.3 Å². The summed E-state index contributed by atoms with van der Waals surface area (Å²) in [7, 11) is 0. The zero-order valence-corrected chi connectivity index (χ0v) is 17.3. The van der Waals surface area contributed by atoms with Crippen LogP contribution >= 0.6 is 0 Å². The molecule has 8 heteroatoms. The van der Waals surface area contributed by atoms with E-state index in [4.69, 9.17) is 4.74 Å². The van der Waals surface area contributed by atoms with Crippen molar-refractivity contribution < 1.29 is 19.0 Å². The van der Waals surface area contributed by atoms with Crippen LogP contribution in [0.2, 0.25) is 0 Å². The SMILES string of the molecule is CCCCOC(=O)NC1CCN(c2nc(-c3ccccc3O)nc3ccc(F)cc23)C1. The minimum atomic E-state index is -0.422. The van der Waals surface area contributed by atoms with E-state index < -0.39 is 6.09 Å². The number of aromatic nitrogens is 2. The van der Waals surface area contributed by atoms with Crippen molar-refractivity contribution in [1.82, 2.24) is 15.3 Å². The Labute approximate surface area is 179 Å². The maximum Gasteiger partial charge on any atom is 0.407 e. The standard InChI is InChI=1S/C23H25FN4O3/c1-2-3-12-31-23(30)25-16-10-11-28(14-16)22-18-13-15(24)8-9-19(18)26-21(27-22)17-6-4-5-7-20(17)29/h4-9,13,16,29H,2-3,10-12,14H2,1H3,(H,25,30). The molecular formula is C23H25FN4O3. The van der Waals surface area contributed by atoms with Gasteiger partial charge in [-0.2, -0.15) is 0 Å². The molecule has 1 atom stereocenters. The number of unbranched alkanes of at least 4 members (excludes halogenated alkanes) is 1. The molecule has 1 aliphatic heterocycles. The summed E-state index contributed by atoms with van der Waals surface area (Å²) in [5, 5.41) is 13.7. The molecule has 2 heterocycles. The first-order chi connectivity index (χ1) is 15.0. The highest BCUT2D eigenvalue weighted by molar-refractivity contribution is 5.91. The van der Waals surface area contributed by atoms with Crippen molar-refractivity contribution in [3.05, 3.63) is 48.3 Å². The maximum absolute atomic E-state index is 14.0. The predicted molar refractivity (Wildman–Crippen MR) is 117 cm³/mol. The second-order valence-corrected chi connectivity index (χ2v) is 7.61. The van der Waals surface area contributed by atoms with E-state index in [1.807, 2.05) is 11.8 Å². The van der Waals surface area contributed by atoms with E-state index in [0.29, 0.717) is 47.8 Å². The second kappa shape index (κ2) is 9.16. The van der Waals surface area contributed by atoms with Crippen LogP contribution in [0.1, 0.15) is 26.2 Å². The number of aromatic hydroxyl groups is 1. The number of carbonyl (C=O) groups is 1. The van der Waals surface area contributed by atoms with Gasteiger partial charge in [-0.1, -0.05) is 25.5 Å². The smallest absolute Gasteiger partial charge is 0.407 e. The van der Waals surface area contributed by atoms with E-state index in [-0.39, 0.29) is 17.6 Å². The predicted octanol–water partition coefficient (Wildman–Crippen LogP) is 4.25. The fraction of sp³-hybridized carbons (Fsp3) is 0.348. The Hall–Kier alpha value is -3.42. The number of amides is 1. The van der Waals surface area contributed by atoms with Gasteiger partial charge in [-0.25, -0.2) is 19.2 Å². The van der Waals surface area contributed by atoms with Crippen molar-refractivity contribution in [2.45, 2.75) is 32.2 Å². The summed E-state index contributed by atoms with van der Waals surface area (Å²) in [5.41, 5.74) is 1.09. The molecule has 0 aliphatic carbocycles. The average Bonchev–Trinajstić information content (AvgIpc) is 3.21. The molecule has 31 heavy (non-hydrogen) atoms. The summed E-state index contributed by atoms with van der Waals surface area (Å²) in [4.78, 5) is 23.2. The lowest BCUT2D eigenvalue weighted by atomic mass is 10.1. The number of rotatable bonds is 6. The van der Waals surface area contributed by atoms with Crippen LogP contribution in [0.15, 0.2) is 42.5 Å². The molecule has 1 aromatic heterocycles. The molecule has 3 aromatic rings. The number of anilines is 1. The molecule has 1 saturated heterocycles. The number of ether oxygens (including phenoxy) is 1. The number of halogens is 1. The van der Waals surface area contributed by atoms with Gasteiger partial charge >= 0.3 is 6.09 Å². The van der Waals surface area contributed by atoms with Crippen LogP contribution in [0.5, 0.6) is 5.75 Å². The molecule has 4 rings (SSSR count). The van der Waals surface area contributed by atoms with Crippen LogP contribution in [-0.4, -0.2) is 46.9 Å². The van der Waals surface area contributed by atoms with E-state index in [0.717, 1.165) is 19.3 Å². The third kappa shape index (κ3) is 4.68. The normalized spacial score (nSPS) is 15.9. The molecule has 0 radical (unpaired) electrons. The molecule has 0 saturated carbocycles. The Morgan fingerprint density at radius 2 is 2.13 bits per heavy atom. The van der Waals surface area contributed by atoms with Crippen LogP contribution in [0.4, 0.5) is 15.0 Å². The fourth-order valence-corrected chi connectivity index (χ4v) is 3.70. The molecule has 1 fully saturated rings. The fourth-order valence-electron chi connectivity index (χ4n) is 3.70. The quantitative estimate of drug-likeness (QED) is 0.576. The topological polar surface area (TPSA) is 87.6 Å². The van der Waals surface area contributed by atoms with Crippen molar-refractivity contribution in [3.63, 3.8) is 0 Å². The van der Waals surface area contributed by atoms with Crippen LogP contribution in [0.25, 0.3) is 22.3 Å². The first-order valence-electron chi connectivity index (χ1n) is 10.5. The highest BCUT2D eigenvalue weighted by Crippen LogP contribution is 2.33. The Morgan fingerprint density at radius 1 is 1.29 bits per heavy atom. The number of para-hydroxylation sites is 1. The molecule has 162 valence electrons. The number of alkyl carbamates (subject to hydrolysis) is 1. The molecule has 7 nitrogen and oxygen atoms in total. The lowest BCUT2D eigenvalue weighted by Gasteiger charge is -2.20. The number of hydrogen-bond acceptors (Lipinski definition) is 6. The first kappa shape index (κ1) is 20.8. The van der Waals surface area contributed by atoms with E-state index >= 15 is 0 Å². The second-order valence-electron chi connectivity index (χ2n) is 7.61. The first-order valence-corrected chi connectivity index (χ1v) is 10.5. The van der Waals surface area contributed by atoms with Gasteiger partial charge in [-0.15, -0.1) is 0 Å². The van der Waals surface area contributed by atoms with Crippen LogP contribution in [0, 0.1) is 5.82 Å². The molecule has 0 bridgehead atoms. The summed E-state index contributed by atoms with van der Waals surface area (Å²) in [6, 6.07) is 11.1. The van der Waals surface area contributed by atoms with Crippen molar-refractivity contribution in [2.24, 2.45) is 0 Å². The van der Waals surface area contributed by atoms with Gasteiger partial charge in [-0.05, 0) is 43.2 Å². The van der Waals surface area contributed by atoms with Gasteiger partial charge < -0.3 is 20.1 Å². The maximum atomic E-state index is 14.0. The monoisotopic (exact) mass is 424 g/mol. The molecular weight excluding hydrogens is 399 g/mol. The molecule has 1 aliphatic rings. The Balaban J connectivity index is 1.61. The lowest BCUT2D eigenvalue weighted by Crippen LogP contribution is -2.37. The lowest BCUT2D eigenvalue weighted by molar-refractivity contribution is 0.141. The summed E-state index contributed by atoms with van der Waals surface area (Å²) in [6.45, 7) is 3.60. The van der Waals surface area contributed by atoms with Gasteiger partial charge in [0, 0.05) is 18.5 Å². The van der Waals surface area contributed by atoms with E-state index in [1.54, 1.807) is 30.3 Å². The van der Waals surface area contributed by atoms with Crippen molar-refractivity contribution in [3.8, 4) is 17.1 Å². The molecule has 1 amide bonds. The van der Waals surface area contributed by atoms with E-state index in [9.17, 15) is 14.3 Å². The van der Waals surface area contributed by atoms with Gasteiger partial charge in [-0.3, -0.25) is 0 Å². The minimum absolute atomic E-state index is 0.0747. The summed E-state index contributed by atoms with van der Waals surface area (Å²) >= 11 is 0. The Kier molecular flexibility index (Phi) is 6.16. The van der Waals surface area contributed by atoms with Crippen molar-refractivity contribution in [1.29, 1.82) is 0 Å². The Bertz CT molecular complexity index is 1090. The average molecular weight is 424 g/mol. The number of carbonyl (C=O) groups excluding carboxylic acids is 1. The van der Waals surface area contributed by atoms with Gasteiger partial charge in [0.2, 0.25) is 0 Å². The summed E-state index contributed by atoms with van der Waals surface area (Å²) in [5.74, 6) is 0.640. The summed E-state index contributed by atoms with van der Waals surface area (Å²) < 4.78 is 19.2. The van der Waals surface area contributed by atoms with Gasteiger partial charge in [0.15, 0.2) is 5.82 Å². The molecule has 2 aromatic carbocycles. The number of fused-ring (bicyclic) bond motifs is 1. The van der Waals surface area contributed by atoms with Gasteiger partial charge in [0.05, 0.1) is 23.7 Å². The summed E-state index contributed by atoms with van der Waals surface area (Å²) in [6.07, 6.45) is 2.09. The highest BCUT2D eigenvalue weighted by Gasteiger charge is 2.27. The van der Waals surface area contributed by atoms with E-state index in [1.165, 1.54) is 12.1 Å². The number of phenols is 1. The number of benzene rings is 2. The largest absolute Gasteiger partial charge is 0.507 e. The van der Waals surface area contributed by atoms with Gasteiger partial charge in [0.25, 0.3) is 0 Å². The Morgan fingerprint density at radius 3 is 2.94 bits per heavy atom. The number of nitrogens with one attached hydrogen (secondary N) is 1. The zero-order chi connectivity index (χ0) is 21.8. The van der Waals surface area contributed by atoms with Crippen LogP contribution < -0.4 is 10.2 Å². The zero-order valence-electron chi connectivity index (χ0n) is 17.3. The number of hydrogen-bond donors (Lipinski definition) is 2. The van der Waals surface area contributed by atoms with Gasteiger partial charge in [0.1, 0.15) is 17.4 Å². The molecule has 2 N–H and O–H groups in total. The van der Waals surface area contributed by atoms with Crippen LogP contribution in [-0.2, 0) is 4.74 Å².